The number of hydrogen-bond donors (Lipinski definition) is 3. The van der Waals surface area contributed by atoms with Crippen molar-refractivity contribution < 1.29 is 34.1 Å². The molecule has 0 aromatic heterocycles. The second-order valence-corrected chi connectivity index (χ2v) is 4.79. The van der Waals surface area contributed by atoms with Gasteiger partial charge in [0, 0.05) is 0 Å². The minimum Gasteiger partial charge on any atom is -0.479 e. The van der Waals surface area contributed by atoms with E-state index in [-0.39, 0.29) is 4.90 Å². The van der Waals surface area contributed by atoms with Crippen molar-refractivity contribution in [2.75, 3.05) is 13.2 Å². The Balaban J connectivity index is 5.50. The topological polar surface area (TPSA) is 147 Å². The number of carboxylic acid groups (broad SMARTS) is 1. The highest BCUT2D eigenvalue weighted by molar-refractivity contribution is 6.09. The van der Waals surface area contributed by atoms with E-state index < -0.39 is 48.5 Å². The van der Waals surface area contributed by atoms with Crippen molar-refractivity contribution >= 4 is 23.8 Å². The standard InChI is InChI=1S/C11H18N2O7/c1-11(2,3)20-10(19)8(9(17)18)13(6(15)4-12)7(16)5-14/h8,14H,4-5,12H2,1-3H3,(H,17,18). The lowest BCUT2D eigenvalue weighted by molar-refractivity contribution is -0.175. The average molecular weight is 290 g/mol. The number of rotatable bonds is 5. The van der Waals surface area contributed by atoms with Crippen molar-refractivity contribution in [3.05, 3.63) is 0 Å². The van der Waals surface area contributed by atoms with Crippen LogP contribution in [0.3, 0.4) is 0 Å². The van der Waals surface area contributed by atoms with Crippen LogP contribution in [0.2, 0.25) is 0 Å². The largest absolute Gasteiger partial charge is 0.479 e. The fourth-order valence-electron chi connectivity index (χ4n) is 1.28. The number of carbonyl (C=O) groups is 4. The summed E-state index contributed by atoms with van der Waals surface area (Å²) in [5, 5.41) is 17.8. The molecule has 114 valence electrons. The number of aliphatic carboxylic acids is 1. The van der Waals surface area contributed by atoms with E-state index in [1.54, 1.807) is 0 Å². The van der Waals surface area contributed by atoms with Gasteiger partial charge in [-0.2, -0.15) is 0 Å². The van der Waals surface area contributed by atoms with Gasteiger partial charge in [0.15, 0.2) is 0 Å². The summed E-state index contributed by atoms with van der Waals surface area (Å²) in [5.41, 5.74) is 4.05. The second-order valence-electron chi connectivity index (χ2n) is 4.79. The van der Waals surface area contributed by atoms with E-state index in [2.05, 4.69) is 0 Å². The number of amides is 2. The molecule has 0 aromatic rings. The first-order chi connectivity index (χ1) is 9.05. The molecule has 1 atom stereocenters. The Morgan fingerprint density at radius 3 is 2.00 bits per heavy atom. The van der Waals surface area contributed by atoms with E-state index in [0.717, 1.165) is 0 Å². The Labute approximate surface area is 115 Å². The third-order valence-corrected chi connectivity index (χ3v) is 1.97. The van der Waals surface area contributed by atoms with Crippen LogP contribution in [-0.4, -0.2) is 63.7 Å². The molecule has 9 heteroatoms. The quantitative estimate of drug-likeness (QED) is 0.392. The monoisotopic (exact) mass is 290 g/mol. The summed E-state index contributed by atoms with van der Waals surface area (Å²) in [6.07, 6.45) is 0. The van der Waals surface area contributed by atoms with E-state index >= 15 is 0 Å². The van der Waals surface area contributed by atoms with Crippen LogP contribution in [0.4, 0.5) is 0 Å². The summed E-state index contributed by atoms with van der Waals surface area (Å²) in [6.45, 7) is 2.64. The van der Waals surface area contributed by atoms with Gasteiger partial charge in [0.2, 0.25) is 11.9 Å². The fourth-order valence-corrected chi connectivity index (χ4v) is 1.28. The maximum atomic E-state index is 11.8. The first-order valence-corrected chi connectivity index (χ1v) is 5.66. The molecular weight excluding hydrogens is 272 g/mol. The zero-order valence-corrected chi connectivity index (χ0v) is 11.5. The number of carbonyl (C=O) groups excluding carboxylic acids is 3. The van der Waals surface area contributed by atoms with Gasteiger partial charge < -0.3 is 20.7 Å². The van der Waals surface area contributed by atoms with Crippen LogP contribution in [-0.2, 0) is 23.9 Å². The summed E-state index contributed by atoms with van der Waals surface area (Å²) in [6, 6.07) is -2.19. The van der Waals surface area contributed by atoms with E-state index in [9.17, 15) is 19.2 Å². The number of esters is 1. The Kier molecular flexibility index (Phi) is 6.27. The maximum absolute atomic E-state index is 11.8. The molecule has 9 nitrogen and oxygen atoms in total. The molecule has 0 heterocycles. The molecule has 0 aliphatic heterocycles. The number of hydrogen-bond acceptors (Lipinski definition) is 7. The van der Waals surface area contributed by atoms with Crippen molar-refractivity contribution in [2.45, 2.75) is 32.4 Å². The highest BCUT2D eigenvalue weighted by atomic mass is 16.6. The van der Waals surface area contributed by atoms with Crippen molar-refractivity contribution in [3.63, 3.8) is 0 Å². The molecule has 0 rings (SSSR count). The van der Waals surface area contributed by atoms with Gasteiger partial charge in [-0.25, -0.2) is 9.59 Å². The van der Waals surface area contributed by atoms with Gasteiger partial charge in [-0.3, -0.25) is 14.5 Å². The molecule has 0 aliphatic carbocycles. The molecule has 0 saturated heterocycles. The second kappa shape index (κ2) is 6.96. The molecule has 4 N–H and O–H groups in total. The molecule has 0 fully saturated rings. The lowest BCUT2D eigenvalue weighted by atomic mass is 10.1. The summed E-state index contributed by atoms with van der Waals surface area (Å²) in [5.74, 6) is -5.42. The van der Waals surface area contributed by atoms with Gasteiger partial charge in [-0.1, -0.05) is 0 Å². The molecule has 0 spiro atoms. The van der Waals surface area contributed by atoms with Crippen molar-refractivity contribution in [2.24, 2.45) is 5.73 Å². The highest BCUT2D eigenvalue weighted by Gasteiger charge is 2.41. The lowest BCUT2D eigenvalue weighted by Gasteiger charge is -2.28. The third kappa shape index (κ3) is 4.94. The van der Waals surface area contributed by atoms with Crippen LogP contribution in [0.1, 0.15) is 20.8 Å². The summed E-state index contributed by atoms with van der Waals surface area (Å²) in [4.78, 5) is 46.0. The van der Waals surface area contributed by atoms with Crippen LogP contribution in [0.15, 0.2) is 0 Å². The number of aliphatic hydroxyl groups excluding tert-OH is 1. The fraction of sp³-hybridized carbons (Fsp3) is 0.636. The van der Waals surface area contributed by atoms with Crippen LogP contribution in [0.5, 0.6) is 0 Å². The number of ether oxygens (including phenoxy) is 1. The predicted molar refractivity (Wildman–Crippen MR) is 65.3 cm³/mol. The summed E-state index contributed by atoms with van der Waals surface area (Å²) < 4.78 is 4.84. The number of aliphatic hydroxyl groups is 1. The Bertz CT molecular complexity index is 397. The maximum Gasteiger partial charge on any atom is 0.341 e. The number of imide groups is 1. The summed E-state index contributed by atoms with van der Waals surface area (Å²) >= 11 is 0. The lowest BCUT2D eigenvalue weighted by Crippen LogP contribution is -2.56. The highest BCUT2D eigenvalue weighted by Crippen LogP contribution is 2.12. The molecular formula is C11H18N2O7. The SMILES string of the molecule is CC(C)(C)OC(=O)C(C(=O)O)N(C(=O)CN)C(=O)CO. The third-order valence-electron chi connectivity index (χ3n) is 1.97. The number of nitrogens with zero attached hydrogens (tertiary/aromatic N) is 1. The van der Waals surface area contributed by atoms with Gasteiger partial charge in [0.25, 0.3) is 5.91 Å². The van der Waals surface area contributed by atoms with E-state index in [1.165, 1.54) is 20.8 Å². The van der Waals surface area contributed by atoms with Crippen molar-refractivity contribution in [1.29, 1.82) is 0 Å². The van der Waals surface area contributed by atoms with Crippen LogP contribution >= 0.6 is 0 Å². The normalized spacial score (nSPS) is 12.4. The minimum absolute atomic E-state index is 0.0937. The average Bonchev–Trinajstić information content (AvgIpc) is 2.30. The Morgan fingerprint density at radius 1 is 1.20 bits per heavy atom. The van der Waals surface area contributed by atoms with Crippen LogP contribution < -0.4 is 5.73 Å². The van der Waals surface area contributed by atoms with Crippen molar-refractivity contribution in [3.8, 4) is 0 Å². The molecule has 0 bridgehead atoms. The van der Waals surface area contributed by atoms with Gasteiger partial charge in [0.1, 0.15) is 12.2 Å². The zero-order chi connectivity index (χ0) is 16.1. The first kappa shape index (κ1) is 18.0. The molecule has 0 saturated carbocycles. The Morgan fingerprint density at radius 2 is 1.70 bits per heavy atom. The molecule has 1 unspecified atom stereocenters. The number of carboxylic acids is 1. The molecule has 2 amide bonds. The van der Waals surface area contributed by atoms with Gasteiger partial charge in [-0.05, 0) is 20.8 Å². The predicted octanol–water partition coefficient (Wildman–Crippen LogP) is -1.91. The molecule has 0 aliphatic rings. The minimum atomic E-state index is -2.19. The van der Waals surface area contributed by atoms with Gasteiger partial charge in [-0.15, -0.1) is 0 Å². The Hall–Kier alpha value is -2.00. The van der Waals surface area contributed by atoms with Crippen LogP contribution in [0, 0.1) is 0 Å². The number of nitrogens with two attached hydrogens (primary N) is 1. The first-order valence-electron chi connectivity index (χ1n) is 5.66. The van der Waals surface area contributed by atoms with E-state index in [1.807, 2.05) is 0 Å². The summed E-state index contributed by atoms with van der Waals surface area (Å²) in [7, 11) is 0. The van der Waals surface area contributed by atoms with Gasteiger partial charge >= 0.3 is 11.9 Å². The smallest absolute Gasteiger partial charge is 0.341 e. The molecule has 20 heavy (non-hydrogen) atoms. The van der Waals surface area contributed by atoms with E-state index in [0.29, 0.717) is 0 Å². The van der Waals surface area contributed by atoms with Gasteiger partial charge in [0.05, 0.1) is 6.54 Å². The molecule has 0 radical (unpaired) electrons. The zero-order valence-electron chi connectivity index (χ0n) is 11.5. The van der Waals surface area contributed by atoms with Crippen LogP contribution in [0.25, 0.3) is 0 Å². The van der Waals surface area contributed by atoms with E-state index in [4.69, 9.17) is 20.7 Å². The van der Waals surface area contributed by atoms with Crippen molar-refractivity contribution in [1.82, 2.24) is 4.90 Å². The molecule has 0 aromatic carbocycles.